The molecule has 0 bridgehead atoms. The highest BCUT2D eigenvalue weighted by Crippen LogP contribution is 2.17. The molecule has 0 aliphatic heterocycles. The Balaban J connectivity index is 0.000000160. The Bertz CT molecular complexity index is 813. The van der Waals surface area contributed by atoms with Gasteiger partial charge in [0.05, 0.1) is 22.6 Å². The lowest BCUT2D eigenvalue weighted by Gasteiger charge is -1.91. The fourth-order valence-electron chi connectivity index (χ4n) is 1.73. The molecule has 0 saturated carbocycles. The van der Waals surface area contributed by atoms with E-state index < -0.39 is 33.9 Å². The molecule has 0 amide bonds. The van der Waals surface area contributed by atoms with Crippen molar-refractivity contribution in [1.82, 2.24) is 4.98 Å². The lowest BCUT2D eigenvalue weighted by atomic mass is 10.2. The van der Waals surface area contributed by atoms with Crippen LogP contribution in [-0.2, 0) is 0 Å². The molecule has 0 spiro atoms. The Hall–Kier alpha value is -2.90. The third kappa shape index (κ3) is 3.60. The maximum Gasteiger partial charge on any atom is 0.275 e. The lowest BCUT2D eigenvalue weighted by Crippen LogP contribution is -1.90. The van der Waals surface area contributed by atoms with Crippen LogP contribution in [-0.4, -0.2) is 9.91 Å². The maximum atomic E-state index is 12.8. The average Bonchev–Trinajstić information content (AvgIpc) is 2.86. The maximum absolute atomic E-state index is 12.8. The zero-order chi connectivity index (χ0) is 16.3. The van der Waals surface area contributed by atoms with Gasteiger partial charge in [-0.3, -0.25) is 10.1 Å². The van der Waals surface area contributed by atoms with E-state index in [0.29, 0.717) is 29.1 Å². The smallest absolute Gasteiger partial charge is 0.275 e. The minimum atomic E-state index is -0.948. The topological polar surface area (TPSA) is 58.9 Å². The van der Waals surface area contributed by atoms with Gasteiger partial charge in [0.15, 0.2) is 0 Å². The van der Waals surface area contributed by atoms with Crippen LogP contribution in [0, 0.1) is 33.4 Å². The number of halogens is 4. The molecule has 1 heterocycles. The third-order valence-corrected chi connectivity index (χ3v) is 2.64. The summed E-state index contributed by atoms with van der Waals surface area (Å²) < 4.78 is 49.8. The first-order chi connectivity index (χ1) is 10.4. The molecule has 1 N–H and O–H groups in total. The van der Waals surface area contributed by atoms with E-state index in [0.717, 1.165) is 6.07 Å². The highest BCUT2D eigenvalue weighted by atomic mass is 19.1. The predicted octanol–water partition coefficient (Wildman–Crippen LogP) is 4.32. The van der Waals surface area contributed by atoms with Crippen molar-refractivity contribution in [3.8, 4) is 0 Å². The van der Waals surface area contributed by atoms with Crippen LogP contribution in [0.5, 0.6) is 0 Å². The van der Waals surface area contributed by atoms with Crippen LogP contribution in [0.1, 0.15) is 0 Å². The summed E-state index contributed by atoms with van der Waals surface area (Å²) in [5.74, 6) is -2.98. The molecule has 0 aliphatic carbocycles. The second-order valence-electron chi connectivity index (χ2n) is 4.21. The first kappa shape index (κ1) is 15.5. The van der Waals surface area contributed by atoms with Crippen molar-refractivity contribution in [2.24, 2.45) is 0 Å². The van der Waals surface area contributed by atoms with E-state index in [2.05, 4.69) is 4.98 Å². The number of nitrogens with zero attached hydrogens (tertiary/aromatic N) is 1. The number of hydrogen-bond donors (Lipinski definition) is 1. The summed E-state index contributed by atoms with van der Waals surface area (Å²) in [5, 5.41) is 10.4. The van der Waals surface area contributed by atoms with Crippen molar-refractivity contribution in [2.45, 2.75) is 0 Å². The van der Waals surface area contributed by atoms with Crippen LogP contribution in [0.4, 0.5) is 23.2 Å². The number of H-pyrrole nitrogens is 1. The van der Waals surface area contributed by atoms with E-state index in [1.54, 1.807) is 12.3 Å². The van der Waals surface area contributed by atoms with Crippen LogP contribution < -0.4 is 0 Å². The molecule has 3 aromatic rings. The Kier molecular flexibility index (Phi) is 4.40. The van der Waals surface area contributed by atoms with E-state index in [9.17, 15) is 27.7 Å². The molecule has 2 aromatic carbocycles. The lowest BCUT2D eigenvalue weighted by molar-refractivity contribution is -0.385. The molecule has 0 unspecified atom stereocenters. The zero-order valence-electron chi connectivity index (χ0n) is 10.8. The first-order valence-electron chi connectivity index (χ1n) is 5.89. The van der Waals surface area contributed by atoms with Crippen LogP contribution in [0.15, 0.2) is 42.6 Å². The SMILES string of the molecule is Fc1cc(F)c2cc[nH]c2c1.O=[N+]([O-])c1cc(F)cc(F)c1. The summed E-state index contributed by atoms with van der Waals surface area (Å²) in [6, 6.07) is 5.60. The molecule has 0 atom stereocenters. The van der Waals surface area contributed by atoms with E-state index in [1.807, 2.05) is 0 Å². The summed E-state index contributed by atoms with van der Waals surface area (Å²) >= 11 is 0. The number of aromatic amines is 1. The highest BCUT2D eigenvalue weighted by molar-refractivity contribution is 5.79. The van der Waals surface area contributed by atoms with Crippen molar-refractivity contribution >= 4 is 16.6 Å². The summed E-state index contributed by atoms with van der Waals surface area (Å²) in [7, 11) is 0. The number of nitro groups is 1. The molecular formula is C14H8F4N2O2. The number of benzene rings is 2. The second-order valence-corrected chi connectivity index (χ2v) is 4.21. The van der Waals surface area contributed by atoms with Gasteiger partial charge in [-0.2, -0.15) is 0 Å². The molecule has 0 radical (unpaired) electrons. The number of nitrogens with one attached hydrogen (secondary N) is 1. The molecule has 3 rings (SSSR count). The number of rotatable bonds is 1. The van der Waals surface area contributed by atoms with Gasteiger partial charge in [0.25, 0.3) is 5.69 Å². The molecule has 0 fully saturated rings. The van der Waals surface area contributed by atoms with Crippen LogP contribution in [0.2, 0.25) is 0 Å². The van der Waals surface area contributed by atoms with Crippen LogP contribution in [0.25, 0.3) is 10.9 Å². The Labute approximate surface area is 121 Å². The van der Waals surface area contributed by atoms with Crippen molar-refractivity contribution in [3.05, 3.63) is 76.0 Å². The quantitative estimate of drug-likeness (QED) is 0.413. The molecule has 0 saturated heterocycles. The molecule has 1 aromatic heterocycles. The third-order valence-electron chi connectivity index (χ3n) is 2.64. The number of nitro benzene ring substituents is 1. The number of aromatic nitrogens is 1. The minimum Gasteiger partial charge on any atom is -0.361 e. The molecule has 114 valence electrons. The molecule has 22 heavy (non-hydrogen) atoms. The van der Waals surface area contributed by atoms with Crippen LogP contribution >= 0.6 is 0 Å². The summed E-state index contributed by atoms with van der Waals surface area (Å²) in [6.07, 6.45) is 1.58. The fraction of sp³-hybridized carbons (Fsp3) is 0. The highest BCUT2D eigenvalue weighted by Gasteiger charge is 2.08. The Morgan fingerprint density at radius 2 is 1.50 bits per heavy atom. The molecular weight excluding hydrogens is 304 g/mol. The van der Waals surface area contributed by atoms with Gasteiger partial charge in [0.2, 0.25) is 0 Å². The normalized spacial score (nSPS) is 10.2. The van der Waals surface area contributed by atoms with E-state index in [1.165, 1.54) is 6.07 Å². The van der Waals surface area contributed by atoms with Gasteiger partial charge >= 0.3 is 0 Å². The first-order valence-corrected chi connectivity index (χ1v) is 5.89. The second kappa shape index (κ2) is 6.25. The van der Waals surface area contributed by atoms with Gasteiger partial charge in [0.1, 0.15) is 23.3 Å². The van der Waals surface area contributed by atoms with E-state index in [4.69, 9.17) is 0 Å². The summed E-state index contributed by atoms with van der Waals surface area (Å²) in [5.41, 5.74) is -0.0926. The summed E-state index contributed by atoms with van der Waals surface area (Å²) in [4.78, 5) is 11.8. The van der Waals surface area contributed by atoms with Crippen molar-refractivity contribution < 1.29 is 22.5 Å². The van der Waals surface area contributed by atoms with E-state index in [-0.39, 0.29) is 0 Å². The monoisotopic (exact) mass is 312 g/mol. The number of hydrogen-bond acceptors (Lipinski definition) is 2. The van der Waals surface area contributed by atoms with Crippen LogP contribution in [0.3, 0.4) is 0 Å². The average molecular weight is 312 g/mol. The van der Waals surface area contributed by atoms with Crippen molar-refractivity contribution in [1.29, 1.82) is 0 Å². The van der Waals surface area contributed by atoms with Crippen molar-refractivity contribution in [3.63, 3.8) is 0 Å². The standard InChI is InChI=1S/C8H5F2N.C6H3F2NO2/c9-5-3-7(10)6-1-2-11-8(6)4-5;7-4-1-5(8)3-6(2-4)9(10)11/h1-4,11H;1-3H. The zero-order valence-corrected chi connectivity index (χ0v) is 10.8. The largest absolute Gasteiger partial charge is 0.361 e. The van der Waals surface area contributed by atoms with Crippen molar-refractivity contribution in [2.75, 3.05) is 0 Å². The summed E-state index contributed by atoms with van der Waals surface area (Å²) in [6.45, 7) is 0. The fourth-order valence-corrected chi connectivity index (χ4v) is 1.73. The van der Waals surface area contributed by atoms with E-state index >= 15 is 0 Å². The Morgan fingerprint density at radius 3 is 2.09 bits per heavy atom. The molecule has 0 aliphatic rings. The minimum absolute atomic E-state index is 0.423. The Morgan fingerprint density at radius 1 is 0.909 bits per heavy atom. The number of fused-ring (bicyclic) bond motifs is 1. The molecule has 4 nitrogen and oxygen atoms in total. The van der Waals surface area contributed by atoms with Gasteiger partial charge in [-0.15, -0.1) is 0 Å². The van der Waals surface area contributed by atoms with Gasteiger partial charge < -0.3 is 4.98 Å². The van der Waals surface area contributed by atoms with Gasteiger partial charge in [-0.1, -0.05) is 0 Å². The number of non-ortho nitro benzene ring substituents is 1. The van der Waals surface area contributed by atoms with Gasteiger partial charge in [0, 0.05) is 23.7 Å². The van der Waals surface area contributed by atoms with Gasteiger partial charge in [-0.05, 0) is 12.1 Å². The predicted molar refractivity (Wildman–Crippen MR) is 71.2 cm³/mol. The van der Waals surface area contributed by atoms with Gasteiger partial charge in [-0.25, -0.2) is 17.6 Å². The molecule has 8 heteroatoms.